The van der Waals surface area contributed by atoms with Crippen LogP contribution in [0.5, 0.6) is 0 Å². The van der Waals surface area contributed by atoms with E-state index >= 15 is 0 Å². The Hall–Kier alpha value is -4.15. The summed E-state index contributed by atoms with van der Waals surface area (Å²) in [5, 5.41) is 9.75. The van der Waals surface area contributed by atoms with Crippen LogP contribution in [0.2, 0.25) is 0 Å². The molecule has 0 saturated heterocycles. The molecular weight excluding hydrogens is 420 g/mol. The SMILES string of the molecule is N[C@@H](Cc1c[nH]c2ccccc12)C(=O)O.c1ccc(C(c2ccccc2)c2ccccc2)cc1. The van der Waals surface area contributed by atoms with Gasteiger partial charge >= 0.3 is 5.97 Å². The van der Waals surface area contributed by atoms with Crippen LogP contribution in [0, 0.1) is 0 Å². The summed E-state index contributed by atoms with van der Waals surface area (Å²) >= 11 is 0. The monoisotopic (exact) mass is 448 g/mol. The zero-order valence-electron chi connectivity index (χ0n) is 18.8. The van der Waals surface area contributed by atoms with Crippen LogP contribution in [-0.4, -0.2) is 22.1 Å². The first-order valence-electron chi connectivity index (χ1n) is 11.3. The number of hydrogen-bond acceptors (Lipinski definition) is 2. The molecule has 0 saturated carbocycles. The van der Waals surface area contributed by atoms with Crippen molar-refractivity contribution in [2.45, 2.75) is 18.4 Å². The van der Waals surface area contributed by atoms with Crippen LogP contribution in [0.25, 0.3) is 10.9 Å². The number of aromatic nitrogens is 1. The minimum atomic E-state index is -0.972. The number of aromatic amines is 1. The van der Waals surface area contributed by atoms with Crippen LogP contribution in [0.3, 0.4) is 0 Å². The standard InChI is InChI=1S/C19H16.C11H12N2O2/c1-4-10-16(11-5-1)19(17-12-6-2-7-13-17)18-14-8-3-9-15-18;12-9(11(14)15)5-7-6-13-10-4-2-1-3-8(7)10/h1-15,19H;1-4,6,9,13H,5,12H2,(H,14,15)/t;9-/m.0/s1. The number of hydrogen-bond donors (Lipinski definition) is 3. The van der Waals surface area contributed by atoms with E-state index in [1.165, 1.54) is 16.7 Å². The lowest BCUT2D eigenvalue weighted by Gasteiger charge is -2.18. The molecule has 4 nitrogen and oxygen atoms in total. The van der Waals surface area contributed by atoms with Crippen LogP contribution in [-0.2, 0) is 11.2 Å². The van der Waals surface area contributed by atoms with Crippen molar-refractivity contribution in [2.24, 2.45) is 5.73 Å². The van der Waals surface area contributed by atoms with Crippen molar-refractivity contribution in [1.82, 2.24) is 4.98 Å². The predicted octanol–water partition coefficient (Wildman–Crippen LogP) is 5.99. The van der Waals surface area contributed by atoms with Crippen LogP contribution in [0.1, 0.15) is 28.2 Å². The summed E-state index contributed by atoms with van der Waals surface area (Å²) in [5.41, 5.74) is 11.4. The third kappa shape index (κ3) is 5.61. The number of nitrogens with one attached hydrogen (secondary N) is 1. The summed E-state index contributed by atoms with van der Waals surface area (Å²) in [7, 11) is 0. The quantitative estimate of drug-likeness (QED) is 0.279. The van der Waals surface area contributed by atoms with Crippen LogP contribution in [0.15, 0.2) is 121 Å². The van der Waals surface area contributed by atoms with Gasteiger partial charge in [-0.05, 0) is 28.3 Å². The van der Waals surface area contributed by atoms with Gasteiger partial charge in [0, 0.05) is 29.4 Å². The Balaban J connectivity index is 0.000000166. The number of carboxylic acid groups (broad SMARTS) is 1. The molecule has 1 atom stereocenters. The van der Waals surface area contributed by atoms with E-state index in [0.717, 1.165) is 16.5 Å². The first-order valence-corrected chi connectivity index (χ1v) is 11.3. The van der Waals surface area contributed by atoms with Crippen molar-refractivity contribution in [3.05, 3.63) is 144 Å². The molecule has 0 unspecified atom stereocenters. The Kier molecular flexibility index (Phi) is 7.53. The third-order valence-electron chi connectivity index (χ3n) is 5.83. The first-order chi connectivity index (χ1) is 16.6. The highest BCUT2D eigenvalue weighted by Gasteiger charge is 2.16. The second-order valence-electron chi connectivity index (χ2n) is 8.17. The van der Waals surface area contributed by atoms with Gasteiger partial charge in [0.1, 0.15) is 6.04 Å². The minimum Gasteiger partial charge on any atom is -0.480 e. The van der Waals surface area contributed by atoms with Crippen molar-refractivity contribution in [2.75, 3.05) is 0 Å². The van der Waals surface area contributed by atoms with Gasteiger partial charge in [-0.3, -0.25) is 4.79 Å². The number of aliphatic carboxylic acids is 1. The zero-order chi connectivity index (χ0) is 23.8. The largest absolute Gasteiger partial charge is 0.480 e. The molecule has 0 bridgehead atoms. The molecule has 5 rings (SSSR count). The smallest absolute Gasteiger partial charge is 0.320 e. The third-order valence-corrected chi connectivity index (χ3v) is 5.83. The maximum atomic E-state index is 10.6. The molecule has 0 fully saturated rings. The molecule has 0 spiro atoms. The average Bonchev–Trinajstić information content (AvgIpc) is 3.29. The fourth-order valence-electron chi connectivity index (χ4n) is 4.14. The van der Waals surface area contributed by atoms with Crippen molar-refractivity contribution in [1.29, 1.82) is 0 Å². The van der Waals surface area contributed by atoms with E-state index in [1.54, 1.807) is 0 Å². The molecule has 0 aliphatic rings. The molecule has 0 aliphatic heterocycles. The number of rotatable bonds is 6. The van der Waals surface area contributed by atoms with E-state index in [4.69, 9.17) is 10.8 Å². The maximum Gasteiger partial charge on any atom is 0.320 e. The highest BCUT2D eigenvalue weighted by Crippen LogP contribution is 2.31. The first kappa shape index (κ1) is 23.0. The van der Waals surface area contributed by atoms with E-state index in [9.17, 15) is 4.79 Å². The molecule has 5 aromatic rings. The van der Waals surface area contributed by atoms with Gasteiger partial charge in [-0.2, -0.15) is 0 Å². The Labute approximate surface area is 199 Å². The number of H-pyrrole nitrogens is 1. The van der Waals surface area contributed by atoms with Gasteiger partial charge in [-0.15, -0.1) is 0 Å². The normalized spacial score (nSPS) is 11.6. The molecule has 0 amide bonds. The average molecular weight is 449 g/mol. The van der Waals surface area contributed by atoms with E-state index in [0.29, 0.717) is 12.3 Å². The molecule has 1 aromatic heterocycles. The fraction of sp³-hybridized carbons (Fsp3) is 0.100. The van der Waals surface area contributed by atoms with E-state index in [-0.39, 0.29) is 0 Å². The van der Waals surface area contributed by atoms with Crippen molar-refractivity contribution in [3.63, 3.8) is 0 Å². The van der Waals surface area contributed by atoms with Gasteiger partial charge in [-0.1, -0.05) is 109 Å². The van der Waals surface area contributed by atoms with Crippen LogP contribution in [0.4, 0.5) is 0 Å². The topological polar surface area (TPSA) is 79.1 Å². The second-order valence-corrected chi connectivity index (χ2v) is 8.17. The number of carboxylic acids is 1. The van der Waals surface area contributed by atoms with Crippen molar-refractivity contribution < 1.29 is 9.90 Å². The number of carbonyl (C=O) groups is 1. The predicted molar refractivity (Wildman–Crippen MR) is 138 cm³/mol. The second kappa shape index (κ2) is 11.1. The molecule has 4 N–H and O–H groups in total. The Bertz CT molecular complexity index is 1220. The van der Waals surface area contributed by atoms with Gasteiger partial charge in [0.25, 0.3) is 0 Å². The van der Waals surface area contributed by atoms with Gasteiger partial charge < -0.3 is 15.8 Å². The van der Waals surface area contributed by atoms with E-state index in [1.807, 2.05) is 30.5 Å². The molecule has 0 aliphatic carbocycles. The van der Waals surface area contributed by atoms with Crippen LogP contribution < -0.4 is 5.73 Å². The lowest BCUT2D eigenvalue weighted by atomic mass is 9.85. The molecule has 1 heterocycles. The van der Waals surface area contributed by atoms with Crippen LogP contribution >= 0.6 is 0 Å². The van der Waals surface area contributed by atoms with Crippen molar-refractivity contribution in [3.8, 4) is 0 Å². The van der Waals surface area contributed by atoms with Gasteiger partial charge in [0.15, 0.2) is 0 Å². The summed E-state index contributed by atoms with van der Waals surface area (Å²) in [6, 6.07) is 38.9. The highest BCUT2D eigenvalue weighted by molar-refractivity contribution is 5.84. The Morgan fingerprint density at radius 1 is 0.706 bits per heavy atom. The van der Waals surface area contributed by atoms with Crippen molar-refractivity contribution >= 4 is 16.9 Å². The summed E-state index contributed by atoms with van der Waals surface area (Å²) in [5.74, 6) is -0.663. The number of fused-ring (bicyclic) bond motifs is 1. The Morgan fingerprint density at radius 2 is 1.15 bits per heavy atom. The highest BCUT2D eigenvalue weighted by atomic mass is 16.4. The van der Waals surface area contributed by atoms with Gasteiger partial charge in [0.2, 0.25) is 0 Å². The summed E-state index contributed by atoms with van der Waals surface area (Å²) in [6.45, 7) is 0. The summed E-state index contributed by atoms with van der Waals surface area (Å²) < 4.78 is 0. The molecule has 34 heavy (non-hydrogen) atoms. The van der Waals surface area contributed by atoms with E-state index in [2.05, 4.69) is 96.0 Å². The lowest BCUT2D eigenvalue weighted by molar-refractivity contribution is -0.138. The van der Waals surface area contributed by atoms with E-state index < -0.39 is 12.0 Å². The van der Waals surface area contributed by atoms with Gasteiger partial charge in [-0.25, -0.2) is 0 Å². The summed E-state index contributed by atoms with van der Waals surface area (Å²) in [4.78, 5) is 13.7. The minimum absolute atomic E-state index is 0.309. The number of para-hydroxylation sites is 1. The molecule has 4 aromatic carbocycles. The number of nitrogens with two attached hydrogens (primary N) is 1. The Morgan fingerprint density at radius 3 is 1.62 bits per heavy atom. The molecular formula is C30H28N2O2. The molecule has 0 radical (unpaired) electrons. The fourth-order valence-corrected chi connectivity index (χ4v) is 4.14. The summed E-state index contributed by atoms with van der Waals surface area (Å²) in [6.07, 6.45) is 2.16. The maximum absolute atomic E-state index is 10.6. The molecule has 4 heteroatoms. The molecule has 170 valence electrons. The van der Waals surface area contributed by atoms with Gasteiger partial charge in [0.05, 0.1) is 0 Å². The zero-order valence-corrected chi connectivity index (χ0v) is 18.8. The number of benzene rings is 4. The lowest BCUT2D eigenvalue weighted by Crippen LogP contribution is -2.32.